The first-order valence-corrected chi connectivity index (χ1v) is 7.58. The Morgan fingerprint density at radius 3 is 2.80 bits per heavy atom. The van der Waals surface area contributed by atoms with E-state index in [-0.39, 0.29) is 5.78 Å². The number of Topliss-reactive ketones (excluding diaryl/α,β-unsaturated/α-hetero) is 1. The highest BCUT2D eigenvalue weighted by atomic mass is 79.9. The molecule has 20 heavy (non-hydrogen) atoms. The minimum Gasteiger partial charge on any atom is -0.431 e. The summed E-state index contributed by atoms with van der Waals surface area (Å²) in [7, 11) is 0. The third-order valence-electron chi connectivity index (χ3n) is 2.79. The first kappa shape index (κ1) is 13.4. The molecule has 3 rings (SSSR count). The van der Waals surface area contributed by atoms with E-state index in [1.807, 2.05) is 36.4 Å². The number of benzene rings is 2. The highest BCUT2D eigenvalue weighted by Gasteiger charge is 2.13. The third-order valence-corrected chi connectivity index (χ3v) is 4.19. The molecular weight excluding hydrogens is 338 g/mol. The Kier molecular flexibility index (Phi) is 3.63. The van der Waals surface area contributed by atoms with E-state index in [9.17, 15) is 4.79 Å². The summed E-state index contributed by atoms with van der Waals surface area (Å²) in [6.07, 6.45) is 0. The highest BCUT2D eigenvalue weighted by molar-refractivity contribution is 9.10. The first-order valence-electron chi connectivity index (χ1n) is 5.97. The lowest BCUT2D eigenvalue weighted by Crippen LogP contribution is -1.94. The van der Waals surface area contributed by atoms with E-state index < -0.39 is 0 Å². The molecule has 0 atom stereocenters. The molecule has 0 amide bonds. The second-order valence-corrected chi connectivity index (χ2v) is 6.16. The van der Waals surface area contributed by atoms with Gasteiger partial charge in [0.2, 0.25) is 0 Å². The van der Waals surface area contributed by atoms with Crippen LogP contribution in [0.4, 0.5) is 0 Å². The molecule has 0 unspecified atom stereocenters. The molecule has 0 saturated heterocycles. The van der Waals surface area contributed by atoms with Crippen molar-refractivity contribution in [3.05, 3.63) is 52.5 Å². The summed E-state index contributed by atoms with van der Waals surface area (Å²) < 4.78 is 6.59. The molecule has 3 aromatic rings. The molecule has 5 heteroatoms. The van der Waals surface area contributed by atoms with Gasteiger partial charge < -0.3 is 4.42 Å². The normalized spacial score (nSPS) is 10.9. The Bertz CT molecular complexity index is 764. The molecule has 2 aromatic carbocycles. The van der Waals surface area contributed by atoms with E-state index in [2.05, 4.69) is 20.9 Å². The van der Waals surface area contributed by atoms with E-state index in [0.717, 1.165) is 20.5 Å². The summed E-state index contributed by atoms with van der Waals surface area (Å²) >= 11 is 4.77. The van der Waals surface area contributed by atoms with Gasteiger partial charge in [-0.15, -0.1) is 0 Å². The van der Waals surface area contributed by atoms with Crippen molar-refractivity contribution in [2.75, 3.05) is 0 Å². The number of hydrogen-bond donors (Lipinski definition) is 0. The van der Waals surface area contributed by atoms with Crippen LogP contribution in [0, 0.1) is 0 Å². The van der Waals surface area contributed by atoms with Crippen LogP contribution in [-0.4, -0.2) is 10.8 Å². The average Bonchev–Trinajstić information content (AvgIpc) is 2.80. The molecule has 3 nitrogen and oxygen atoms in total. The molecule has 1 aromatic heterocycles. The number of carbonyl (C=O) groups is 1. The maximum Gasteiger partial charge on any atom is 0.261 e. The van der Waals surface area contributed by atoms with Crippen LogP contribution in [0.15, 0.2) is 61.5 Å². The summed E-state index contributed by atoms with van der Waals surface area (Å²) in [5.41, 5.74) is 2.23. The van der Waals surface area contributed by atoms with E-state index in [1.54, 1.807) is 13.0 Å². The fourth-order valence-corrected chi connectivity index (χ4v) is 3.34. The van der Waals surface area contributed by atoms with Crippen LogP contribution in [0.25, 0.3) is 11.1 Å². The topological polar surface area (TPSA) is 43.1 Å². The second kappa shape index (κ2) is 5.42. The second-order valence-electron chi connectivity index (χ2n) is 4.25. The van der Waals surface area contributed by atoms with Crippen molar-refractivity contribution in [1.29, 1.82) is 0 Å². The van der Waals surface area contributed by atoms with Crippen molar-refractivity contribution < 1.29 is 9.21 Å². The number of rotatable bonds is 3. The Balaban J connectivity index is 2.01. The lowest BCUT2D eigenvalue weighted by Gasteiger charge is -2.04. The van der Waals surface area contributed by atoms with Crippen molar-refractivity contribution in [3.63, 3.8) is 0 Å². The number of fused-ring (bicyclic) bond motifs is 1. The predicted octanol–water partition coefficient (Wildman–Crippen LogP) is 4.94. The zero-order valence-electron chi connectivity index (χ0n) is 10.6. The SMILES string of the molecule is CC(=O)c1ccc(Br)cc1Sc1nc2ccccc2o1. The zero-order chi connectivity index (χ0) is 14.1. The van der Waals surface area contributed by atoms with Crippen LogP contribution in [0.5, 0.6) is 0 Å². The Labute approximate surface area is 128 Å². The molecule has 0 fully saturated rings. The molecule has 0 bridgehead atoms. The lowest BCUT2D eigenvalue weighted by molar-refractivity contribution is 0.101. The Hall–Kier alpha value is -1.59. The Morgan fingerprint density at radius 1 is 1.25 bits per heavy atom. The van der Waals surface area contributed by atoms with Gasteiger partial charge in [-0.1, -0.05) is 28.1 Å². The number of ketones is 1. The summed E-state index contributed by atoms with van der Waals surface area (Å²) in [6.45, 7) is 1.55. The molecule has 0 radical (unpaired) electrons. The molecule has 0 saturated carbocycles. The highest BCUT2D eigenvalue weighted by Crippen LogP contribution is 2.34. The van der Waals surface area contributed by atoms with Gasteiger partial charge in [0.05, 0.1) is 0 Å². The number of carbonyl (C=O) groups excluding carboxylic acids is 1. The van der Waals surface area contributed by atoms with Crippen molar-refractivity contribution in [2.45, 2.75) is 17.0 Å². The summed E-state index contributed by atoms with van der Waals surface area (Å²) in [5, 5.41) is 0.534. The fraction of sp³-hybridized carbons (Fsp3) is 0.0667. The third kappa shape index (κ3) is 2.64. The maximum absolute atomic E-state index is 11.7. The number of hydrogen-bond acceptors (Lipinski definition) is 4. The smallest absolute Gasteiger partial charge is 0.261 e. The molecule has 0 N–H and O–H groups in total. The summed E-state index contributed by atoms with van der Waals surface area (Å²) in [4.78, 5) is 16.9. The van der Waals surface area contributed by atoms with Gasteiger partial charge in [-0.25, -0.2) is 4.98 Å². The molecule has 0 aliphatic carbocycles. The van der Waals surface area contributed by atoms with Crippen molar-refractivity contribution in [3.8, 4) is 0 Å². The number of oxazole rings is 1. The van der Waals surface area contributed by atoms with Crippen LogP contribution >= 0.6 is 27.7 Å². The van der Waals surface area contributed by atoms with Crippen LogP contribution in [0.3, 0.4) is 0 Å². The van der Waals surface area contributed by atoms with Crippen molar-refractivity contribution >= 4 is 44.6 Å². The van der Waals surface area contributed by atoms with Gasteiger partial charge in [0, 0.05) is 14.9 Å². The van der Waals surface area contributed by atoms with Crippen LogP contribution < -0.4 is 0 Å². The van der Waals surface area contributed by atoms with Gasteiger partial charge in [-0.3, -0.25) is 4.79 Å². The standard InChI is InChI=1S/C15H10BrNO2S/c1-9(18)11-7-6-10(16)8-14(11)20-15-17-12-4-2-3-5-13(12)19-15/h2-8H,1H3. The molecule has 0 spiro atoms. The van der Waals surface area contributed by atoms with Crippen LogP contribution in [-0.2, 0) is 0 Å². The van der Waals surface area contributed by atoms with E-state index in [0.29, 0.717) is 10.8 Å². The van der Waals surface area contributed by atoms with Gasteiger partial charge in [-0.05, 0) is 49.0 Å². The van der Waals surface area contributed by atoms with Gasteiger partial charge in [-0.2, -0.15) is 0 Å². The minimum absolute atomic E-state index is 0.0242. The summed E-state index contributed by atoms with van der Waals surface area (Å²) in [5.74, 6) is 0.0242. The van der Waals surface area contributed by atoms with E-state index in [1.165, 1.54) is 11.8 Å². The molecule has 0 aliphatic heterocycles. The fourth-order valence-electron chi connectivity index (χ4n) is 1.86. The van der Waals surface area contributed by atoms with Crippen LogP contribution in [0.2, 0.25) is 0 Å². The number of para-hydroxylation sites is 2. The number of nitrogens with zero attached hydrogens (tertiary/aromatic N) is 1. The average molecular weight is 348 g/mol. The monoisotopic (exact) mass is 347 g/mol. The zero-order valence-corrected chi connectivity index (χ0v) is 13.0. The van der Waals surface area contributed by atoms with Crippen molar-refractivity contribution in [2.24, 2.45) is 0 Å². The molecule has 100 valence electrons. The van der Waals surface area contributed by atoms with Crippen LogP contribution in [0.1, 0.15) is 17.3 Å². The van der Waals surface area contributed by atoms with Gasteiger partial charge in [0.25, 0.3) is 5.22 Å². The lowest BCUT2D eigenvalue weighted by atomic mass is 10.1. The Morgan fingerprint density at radius 2 is 2.05 bits per heavy atom. The van der Waals surface area contributed by atoms with E-state index in [4.69, 9.17) is 4.42 Å². The molecular formula is C15H10BrNO2S. The number of aromatic nitrogens is 1. The predicted molar refractivity (Wildman–Crippen MR) is 82.3 cm³/mol. The largest absolute Gasteiger partial charge is 0.431 e. The van der Waals surface area contributed by atoms with E-state index >= 15 is 0 Å². The molecule has 0 aliphatic rings. The maximum atomic E-state index is 11.7. The van der Waals surface area contributed by atoms with Gasteiger partial charge in [0.15, 0.2) is 11.4 Å². The van der Waals surface area contributed by atoms with Crippen molar-refractivity contribution in [1.82, 2.24) is 4.98 Å². The minimum atomic E-state index is 0.0242. The van der Waals surface area contributed by atoms with Gasteiger partial charge >= 0.3 is 0 Å². The quantitative estimate of drug-likeness (QED) is 0.629. The molecule has 1 heterocycles. The summed E-state index contributed by atoms with van der Waals surface area (Å²) in [6, 6.07) is 13.1. The first-order chi connectivity index (χ1) is 9.63. The number of halogens is 1. The van der Waals surface area contributed by atoms with Gasteiger partial charge in [0.1, 0.15) is 5.52 Å².